The van der Waals surface area contributed by atoms with Gasteiger partial charge in [-0.05, 0) is 92.5 Å². The number of imidazole rings is 1. The third kappa shape index (κ3) is 6.89. The Balaban J connectivity index is 1.32. The molecule has 3 aromatic carbocycles. The second kappa shape index (κ2) is 13.4. The van der Waals surface area contributed by atoms with E-state index < -0.39 is 5.82 Å². The van der Waals surface area contributed by atoms with E-state index in [9.17, 15) is 9.65 Å². The number of ether oxygens (including phenoxy) is 1. The van der Waals surface area contributed by atoms with Crippen molar-refractivity contribution in [2.75, 3.05) is 26.2 Å². The quantitative estimate of drug-likeness (QED) is 0.192. The zero-order chi connectivity index (χ0) is 27.9. The molecule has 0 radical (unpaired) electrons. The van der Waals surface area contributed by atoms with Gasteiger partial charge in [0.1, 0.15) is 18.2 Å². The molecule has 1 atom stereocenters. The average Bonchev–Trinajstić information content (AvgIpc) is 3.38. The van der Waals surface area contributed by atoms with Crippen LogP contribution in [-0.4, -0.2) is 46.2 Å². The number of halogens is 2. The summed E-state index contributed by atoms with van der Waals surface area (Å²) in [5.41, 5.74) is 5.00. The molecule has 1 saturated heterocycles. The lowest BCUT2D eigenvalue weighted by atomic mass is 9.86. The molecule has 0 saturated carbocycles. The van der Waals surface area contributed by atoms with Crippen molar-refractivity contribution in [3.05, 3.63) is 88.5 Å². The van der Waals surface area contributed by atoms with Crippen molar-refractivity contribution in [2.45, 2.75) is 44.8 Å². The fraction of sp³-hybridized carbons (Fsp3) is 0.375. The minimum Gasteiger partial charge on any atom is -0.396 e. The predicted octanol–water partition coefficient (Wildman–Crippen LogP) is 7.03. The van der Waals surface area contributed by atoms with Crippen molar-refractivity contribution >= 4 is 22.6 Å². The Morgan fingerprint density at radius 2 is 1.88 bits per heavy atom. The summed E-state index contributed by atoms with van der Waals surface area (Å²) >= 11 is 5.95. The molecule has 4 aromatic rings. The van der Waals surface area contributed by atoms with Gasteiger partial charge >= 0.3 is 0 Å². The van der Waals surface area contributed by atoms with E-state index >= 15 is 0 Å². The fourth-order valence-electron chi connectivity index (χ4n) is 5.54. The number of fused-ring (bicyclic) bond motifs is 1. The van der Waals surface area contributed by atoms with Crippen LogP contribution in [0.4, 0.5) is 4.39 Å². The van der Waals surface area contributed by atoms with Gasteiger partial charge in [0, 0.05) is 12.7 Å². The van der Waals surface area contributed by atoms with Gasteiger partial charge in [-0.1, -0.05) is 48.0 Å². The maximum Gasteiger partial charge on any atom is 0.144 e. The van der Waals surface area contributed by atoms with Crippen LogP contribution in [0.2, 0.25) is 5.02 Å². The number of nitrogens with one attached hydrogen (secondary N) is 1. The molecule has 1 aromatic heterocycles. The molecule has 2 N–H and O–H groups in total. The second-order valence-electron chi connectivity index (χ2n) is 10.5. The van der Waals surface area contributed by atoms with Crippen LogP contribution in [0, 0.1) is 23.1 Å². The first kappa shape index (κ1) is 28.3. The monoisotopic (exact) mass is 560 g/mol. The summed E-state index contributed by atoms with van der Waals surface area (Å²) in [6, 6.07) is 21.1. The Labute approximate surface area is 239 Å². The molecule has 0 bridgehead atoms. The van der Waals surface area contributed by atoms with Crippen LogP contribution in [0.25, 0.3) is 22.2 Å². The van der Waals surface area contributed by atoms with Gasteiger partial charge in [0.05, 0.1) is 33.8 Å². The van der Waals surface area contributed by atoms with Gasteiger partial charge in [0.2, 0.25) is 0 Å². The smallest absolute Gasteiger partial charge is 0.144 e. The number of unbranched alkanes of at least 4 members (excludes halogenated alkanes) is 2. The summed E-state index contributed by atoms with van der Waals surface area (Å²) in [6.45, 7) is 3.63. The van der Waals surface area contributed by atoms with Crippen molar-refractivity contribution in [2.24, 2.45) is 5.92 Å². The largest absolute Gasteiger partial charge is 0.396 e. The summed E-state index contributed by atoms with van der Waals surface area (Å²) in [5, 5.41) is 18.4. The Morgan fingerprint density at radius 1 is 1.07 bits per heavy atom. The Bertz CT molecular complexity index is 1420. The summed E-state index contributed by atoms with van der Waals surface area (Å²) in [7, 11) is 0. The van der Waals surface area contributed by atoms with Gasteiger partial charge < -0.3 is 19.7 Å². The summed E-state index contributed by atoms with van der Waals surface area (Å²) < 4.78 is 20.5. The molecule has 5 rings (SSSR count). The van der Waals surface area contributed by atoms with Crippen LogP contribution in [0.5, 0.6) is 0 Å². The number of piperidine rings is 1. The van der Waals surface area contributed by atoms with Crippen LogP contribution >= 0.6 is 11.6 Å². The number of nitriles is 1. The highest BCUT2D eigenvalue weighted by atomic mass is 35.5. The van der Waals surface area contributed by atoms with Crippen molar-refractivity contribution in [3.63, 3.8) is 0 Å². The fourth-order valence-corrected chi connectivity index (χ4v) is 5.69. The first-order chi connectivity index (χ1) is 19.5. The average molecular weight is 561 g/mol. The highest BCUT2D eigenvalue weighted by Gasteiger charge is 2.29. The lowest BCUT2D eigenvalue weighted by molar-refractivity contribution is -0.0237. The van der Waals surface area contributed by atoms with Crippen molar-refractivity contribution in [3.8, 4) is 17.2 Å². The maximum atomic E-state index is 13.9. The Kier molecular flexibility index (Phi) is 9.45. The van der Waals surface area contributed by atoms with Crippen molar-refractivity contribution in [1.82, 2.24) is 14.9 Å². The molecular weight excluding hydrogens is 527 g/mol. The Hall–Kier alpha value is -3.28. The Morgan fingerprint density at radius 3 is 2.62 bits per heavy atom. The standard InChI is InChI=1S/C32H34ClFN4O2/c33-27-18-29-30(19-28(27)34)37-31(36-29)21-40-32(25-11-14-38(15-12-25)13-2-1-3-16-39)24-9-7-23(8-10-24)26-6-4-5-22(17-26)20-35/h4-10,17-19,25,32,39H,1-3,11-16,21H2,(H,36,37). The molecule has 40 heavy (non-hydrogen) atoms. The van der Waals surface area contributed by atoms with E-state index in [1.807, 2.05) is 18.2 Å². The van der Waals surface area contributed by atoms with E-state index in [1.54, 1.807) is 6.07 Å². The van der Waals surface area contributed by atoms with E-state index in [0.717, 1.165) is 68.4 Å². The zero-order valence-corrected chi connectivity index (χ0v) is 23.2. The number of aromatic amines is 1. The SMILES string of the molecule is N#Cc1cccc(-c2ccc(C(OCc3nc4cc(Cl)c(F)cc4[nH]3)C3CCN(CCCCCO)CC3)cc2)c1. The third-order valence-electron chi connectivity index (χ3n) is 7.73. The van der Waals surface area contributed by atoms with Crippen LogP contribution in [0.15, 0.2) is 60.7 Å². The highest BCUT2D eigenvalue weighted by Crippen LogP contribution is 2.36. The predicted molar refractivity (Wildman–Crippen MR) is 155 cm³/mol. The minimum atomic E-state index is -0.480. The van der Waals surface area contributed by atoms with E-state index in [4.69, 9.17) is 21.4 Å². The molecular formula is C32H34ClFN4O2. The molecule has 6 nitrogen and oxygen atoms in total. The van der Waals surface area contributed by atoms with Gasteiger partial charge in [0.15, 0.2) is 0 Å². The lowest BCUT2D eigenvalue weighted by Crippen LogP contribution is -2.36. The number of hydrogen-bond acceptors (Lipinski definition) is 5. The zero-order valence-electron chi connectivity index (χ0n) is 22.5. The van der Waals surface area contributed by atoms with Crippen LogP contribution in [-0.2, 0) is 11.3 Å². The van der Waals surface area contributed by atoms with E-state index in [1.165, 1.54) is 12.1 Å². The van der Waals surface area contributed by atoms with Gasteiger partial charge in [0.25, 0.3) is 0 Å². The number of aromatic nitrogens is 2. The number of rotatable bonds is 11. The second-order valence-corrected chi connectivity index (χ2v) is 10.9. The topological polar surface area (TPSA) is 85.2 Å². The number of aliphatic hydroxyl groups excluding tert-OH is 1. The van der Waals surface area contributed by atoms with Gasteiger partial charge in [-0.3, -0.25) is 0 Å². The van der Waals surface area contributed by atoms with Crippen molar-refractivity contribution < 1.29 is 14.2 Å². The molecule has 1 aliphatic rings. The van der Waals surface area contributed by atoms with Gasteiger partial charge in [-0.25, -0.2) is 9.37 Å². The molecule has 0 amide bonds. The first-order valence-corrected chi connectivity index (χ1v) is 14.3. The normalized spacial score (nSPS) is 15.3. The highest BCUT2D eigenvalue weighted by molar-refractivity contribution is 6.31. The van der Waals surface area contributed by atoms with Crippen molar-refractivity contribution in [1.29, 1.82) is 5.26 Å². The number of hydrogen-bond donors (Lipinski definition) is 2. The van der Waals surface area contributed by atoms with E-state index in [0.29, 0.717) is 28.3 Å². The number of aliphatic hydroxyl groups is 1. The molecule has 0 spiro atoms. The number of H-pyrrole nitrogens is 1. The third-order valence-corrected chi connectivity index (χ3v) is 8.02. The van der Waals surface area contributed by atoms with Gasteiger partial charge in [-0.2, -0.15) is 5.26 Å². The minimum absolute atomic E-state index is 0.0489. The van der Waals surface area contributed by atoms with Crippen LogP contribution in [0.3, 0.4) is 0 Å². The number of benzene rings is 3. The molecule has 0 aliphatic carbocycles. The van der Waals surface area contributed by atoms with Gasteiger partial charge in [-0.15, -0.1) is 0 Å². The van der Waals surface area contributed by atoms with Crippen LogP contribution in [0.1, 0.15) is 55.2 Å². The molecule has 1 aliphatic heterocycles. The lowest BCUT2D eigenvalue weighted by Gasteiger charge is -2.36. The van der Waals surface area contributed by atoms with E-state index in [-0.39, 0.29) is 24.3 Å². The molecule has 1 unspecified atom stereocenters. The summed E-state index contributed by atoms with van der Waals surface area (Å²) in [4.78, 5) is 10.2. The molecule has 1 fully saturated rings. The summed E-state index contributed by atoms with van der Waals surface area (Å²) in [6.07, 6.45) is 4.96. The molecule has 2 heterocycles. The number of likely N-dealkylation sites (tertiary alicyclic amines) is 1. The first-order valence-electron chi connectivity index (χ1n) is 13.9. The summed E-state index contributed by atoms with van der Waals surface area (Å²) in [5.74, 6) is 0.498. The van der Waals surface area contributed by atoms with Crippen LogP contribution < -0.4 is 0 Å². The maximum absolute atomic E-state index is 13.9. The molecule has 8 heteroatoms. The van der Waals surface area contributed by atoms with E-state index in [2.05, 4.69) is 45.2 Å². The molecule has 208 valence electrons. The number of nitrogens with zero attached hydrogens (tertiary/aromatic N) is 3.